The molecular weight excluding hydrogens is 357 g/mol. The smallest absolute Gasteiger partial charge is 0.370 e. The molecule has 6 nitrogen and oxygen atoms in total. The molecule has 0 aromatic heterocycles. The number of hydrogen-bond acceptors (Lipinski definition) is 2. The summed E-state index contributed by atoms with van der Waals surface area (Å²) in [4.78, 5) is 9.05. The highest BCUT2D eigenvalue weighted by Gasteiger charge is 2.35. The number of benzene rings is 2. The summed E-state index contributed by atoms with van der Waals surface area (Å²) >= 11 is 0. The van der Waals surface area contributed by atoms with Gasteiger partial charge < -0.3 is 22.1 Å². The fourth-order valence-corrected chi connectivity index (χ4v) is 3.09. The molecule has 0 saturated carbocycles. The molecule has 3 rings (SSSR count). The lowest BCUT2D eigenvalue weighted by Gasteiger charge is -2.32. The summed E-state index contributed by atoms with van der Waals surface area (Å²) in [7, 11) is 0. The van der Waals surface area contributed by atoms with Crippen LogP contribution in [0, 0.1) is 0 Å². The summed E-state index contributed by atoms with van der Waals surface area (Å²) in [5.74, 6) is -0.640. The minimum Gasteiger partial charge on any atom is -0.370 e. The minimum atomic E-state index is -4.54. The number of halogens is 3. The number of guanidine groups is 2. The average Bonchev–Trinajstić information content (AvgIpc) is 2.60. The number of nitrogens with zero attached hydrogens (tertiary/aromatic N) is 3. The van der Waals surface area contributed by atoms with Crippen LogP contribution in [0.5, 0.6) is 0 Å². The van der Waals surface area contributed by atoms with Crippen LogP contribution < -0.4 is 22.1 Å². The Hall–Kier alpha value is -3.23. The van der Waals surface area contributed by atoms with Crippen molar-refractivity contribution in [3.05, 3.63) is 59.2 Å². The Morgan fingerprint density at radius 3 is 2.37 bits per heavy atom. The second-order valence-corrected chi connectivity index (χ2v) is 6.15. The van der Waals surface area contributed by atoms with Crippen molar-refractivity contribution in [3.63, 3.8) is 0 Å². The maximum Gasteiger partial charge on any atom is 0.418 e. The first kappa shape index (κ1) is 18.6. The summed E-state index contributed by atoms with van der Waals surface area (Å²) in [5, 5.41) is 0. The van der Waals surface area contributed by atoms with Crippen molar-refractivity contribution in [2.24, 2.45) is 27.2 Å². The van der Waals surface area contributed by atoms with Gasteiger partial charge in [-0.15, -0.1) is 0 Å². The molecule has 2 aromatic carbocycles. The van der Waals surface area contributed by atoms with Crippen molar-refractivity contribution in [3.8, 4) is 0 Å². The van der Waals surface area contributed by atoms with Crippen LogP contribution in [0.25, 0.3) is 0 Å². The first-order chi connectivity index (χ1) is 12.7. The normalized spacial score (nSPS) is 14.6. The van der Waals surface area contributed by atoms with Gasteiger partial charge in [-0.2, -0.15) is 18.2 Å². The summed E-state index contributed by atoms with van der Waals surface area (Å²) in [6.07, 6.45) is -3.85. The molecule has 0 spiro atoms. The van der Waals surface area contributed by atoms with E-state index < -0.39 is 11.7 Å². The SMILES string of the molecule is NC(N)=NC(N)=Nc1ccc(N2CCc3ccccc3C2)c(C(F)(F)F)c1. The monoisotopic (exact) mass is 376 g/mol. The molecule has 0 radical (unpaired) electrons. The van der Waals surface area contributed by atoms with E-state index in [0.717, 1.165) is 17.2 Å². The number of anilines is 1. The first-order valence-electron chi connectivity index (χ1n) is 8.21. The van der Waals surface area contributed by atoms with Gasteiger partial charge in [0.1, 0.15) is 0 Å². The predicted octanol–water partition coefficient (Wildman–Crippen LogP) is 2.49. The van der Waals surface area contributed by atoms with Crippen LogP contribution in [0.2, 0.25) is 0 Å². The molecule has 6 N–H and O–H groups in total. The molecule has 0 aliphatic carbocycles. The lowest BCUT2D eigenvalue weighted by Crippen LogP contribution is -2.32. The average molecular weight is 376 g/mol. The minimum absolute atomic E-state index is 0.0194. The molecule has 9 heteroatoms. The zero-order chi connectivity index (χ0) is 19.6. The molecule has 0 bridgehead atoms. The summed E-state index contributed by atoms with van der Waals surface area (Å²) in [6.45, 7) is 0.914. The Balaban J connectivity index is 1.98. The van der Waals surface area contributed by atoms with E-state index in [1.165, 1.54) is 12.1 Å². The van der Waals surface area contributed by atoms with Gasteiger partial charge in [0.2, 0.25) is 5.96 Å². The van der Waals surface area contributed by atoms with Gasteiger partial charge in [0.05, 0.1) is 11.3 Å². The van der Waals surface area contributed by atoms with Crippen LogP contribution in [0.1, 0.15) is 16.7 Å². The topological polar surface area (TPSA) is 106 Å². The van der Waals surface area contributed by atoms with Crippen LogP contribution in [0.4, 0.5) is 24.5 Å². The Kier molecular flexibility index (Phi) is 4.93. The van der Waals surface area contributed by atoms with Gasteiger partial charge in [0, 0.05) is 18.8 Å². The van der Waals surface area contributed by atoms with Crippen molar-refractivity contribution in [2.75, 3.05) is 11.4 Å². The van der Waals surface area contributed by atoms with Crippen LogP contribution in [-0.2, 0) is 19.1 Å². The van der Waals surface area contributed by atoms with Crippen molar-refractivity contribution in [1.29, 1.82) is 0 Å². The van der Waals surface area contributed by atoms with Gasteiger partial charge in [-0.1, -0.05) is 24.3 Å². The molecule has 0 fully saturated rings. The number of aliphatic imine (C=N–C) groups is 2. The van der Waals surface area contributed by atoms with Crippen molar-refractivity contribution < 1.29 is 13.2 Å². The van der Waals surface area contributed by atoms with E-state index in [9.17, 15) is 13.2 Å². The number of nitrogens with two attached hydrogens (primary N) is 3. The Bertz CT molecular complexity index is 900. The maximum absolute atomic E-state index is 13.7. The van der Waals surface area contributed by atoms with E-state index >= 15 is 0 Å². The number of fused-ring (bicyclic) bond motifs is 1. The third-order valence-electron chi connectivity index (χ3n) is 4.24. The van der Waals surface area contributed by atoms with Gasteiger partial charge in [-0.25, -0.2) is 4.99 Å². The standard InChI is InChI=1S/C18H19F3N6/c19-18(20,21)14-9-13(25-17(24)26-16(22)23)5-6-15(14)27-8-7-11-3-1-2-4-12(11)10-27/h1-6,9H,7-8,10H2,(H6,22,23,24,25,26). The highest BCUT2D eigenvalue weighted by Crippen LogP contribution is 2.40. The zero-order valence-electron chi connectivity index (χ0n) is 14.4. The number of hydrogen-bond donors (Lipinski definition) is 3. The zero-order valence-corrected chi connectivity index (χ0v) is 14.4. The van der Waals surface area contributed by atoms with E-state index in [1.54, 1.807) is 4.90 Å². The van der Waals surface area contributed by atoms with E-state index in [2.05, 4.69) is 9.98 Å². The van der Waals surface area contributed by atoms with Gasteiger partial charge in [-0.05, 0) is 35.7 Å². The van der Waals surface area contributed by atoms with E-state index in [0.29, 0.717) is 19.5 Å². The second-order valence-electron chi connectivity index (χ2n) is 6.15. The molecule has 1 aliphatic heterocycles. The number of rotatable bonds is 2. The third-order valence-corrected chi connectivity index (χ3v) is 4.24. The molecule has 1 heterocycles. The van der Waals surface area contributed by atoms with Gasteiger partial charge in [0.25, 0.3) is 0 Å². The van der Waals surface area contributed by atoms with Crippen molar-refractivity contribution >= 4 is 23.3 Å². The van der Waals surface area contributed by atoms with Gasteiger partial charge in [-0.3, -0.25) is 0 Å². The predicted molar refractivity (Wildman–Crippen MR) is 99.7 cm³/mol. The Morgan fingerprint density at radius 1 is 1.00 bits per heavy atom. The highest BCUT2D eigenvalue weighted by molar-refractivity contribution is 5.93. The quantitative estimate of drug-likeness (QED) is 0.553. The third kappa shape index (κ3) is 4.30. The highest BCUT2D eigenvalue weighted by atomic mass is 19.4. The molecule has 0 unspecified atom stereocenters. The molecule has 2 aromatic rings. The fraction of sp³-hybridized carbons (Fsp3) is 0.222. The summed E-state index contributed by atoms with van der Waals surface area (Å²) in [5.41, 5.74) is 17.4. The molecular formula is C18H19F3N6. The van der Waals surface area contributed by atoms with Crippen LogP contribution in [-0.4, -0.2) is 18.5 Å². The maximum atomic E-state index is 13.7. The number of alkyl halides is 3. The Labute approximate surface area is 154 Å². The van der Waals surface area contributed by atoms with Gasteiger partial charge in [0.15, 0.2) is 5.96 Å². The van der Waals surface area contributed by atoms with Crippen LogP contribution in [0.3, 0.4) is 0 Å². The molecule has 142 valence electrons. The Morgan fingerprint density at radius 2 is 1.70 bits per heavy atom. The molecule has 1 aliphatic rings. The summed E-state index contributed by atoms with van der Waals surface area (Å²) < 4.78 is 41.0. The van der Waals surface area contributed by atoms with Crippen molar-refractivity contribution in [2.45, 2.75) is 19.1 Å². The van der Waals surface area contributed by atoms with E-state index in [-0.39, 0.29) is 23.3 Å². The molecule has 0 amide bonds. The van der Waals surface area contributed by atoms with Gasteiger partial charge >= 0.3 is 6.18 Å². The molecule has 27 heavy (non-hydrogen) atoms. The molecule has 0 atom stereocenters. The second kappa shape index (κ2) is 7.18. The summed E-state index contributed by atoms with van der Waals surface area (Å²) in [6, 6.07) is 11.6. The first-order valence-corrected chi connectivity index (χ1v) is 8.21. The van der Waals surface area contributed by atoms with Crippen molar-refractivity contribution in [1.82, 2.24) is 0 Å². The largest absolute Gasteiger partial charge is 0.418 e. The van der Waals surface area contributed by atoms with Crippen LogP contribution >= 0.6 is 0 Å². The molecule has 0 saturated heterocycles. The van der Waals surface area contributed by atoms with E-state index in [1.807, 2.05) is 24.3 Å². The lowest BCUT2D eigenvalue weighted by atomic mass is 9.98. The fourth-order valence-electron chi connectivity index (χ4n) is 3.09. The van der Waals surface area contributed by atoms with Crippen LogP contribution in [0.15, 0.2) is 52.4 Å². The van der Waals surface area contributed by atoms with E-state index in [4.69, 9.17) is 17.2 Å². The lowest BCUT2D eigenvalue weighted by molar-refractivity contribution is -0.137.